The lowest BCUT2D eigenvalue weighted by Crippen LogP contribution is -2.41. The molecule has 0 spiro atoms. The van der Waals surface area contributed by atoms with Crippen LogP contribution in [0.15, 0.2) is 24.5 Å². The number of imide groups is 1. The predicted molar refractivity (Wildman–Crippen MR) is 81.8 cm³/mol. The molecular formula is C16H20N4O3. The van der Waals surface area contributed by atoms with Crippen molar-refractivity contribution in [1.29, 1.82) is 0 Å². The van der Waals surface area contributed by atoms with Crippen molar-refractivity contribution < 1.29 is 14.4 Å². The van der Waals surface area contributed by atoms with E-state index in [0.717, 1.165) is 10.5 Å². The number of hydrogen-bond acceptors (Lipinski definition) is 4. The van der Waals surface area contributed by atoms with Crippen molar-refractivity contribution >= 4 is 17.7 Å². The first kappa shape index (κ1) is 15.5. The Hall–Kier alpha value is -2.44. The lowest BCUT2D eigenvalue weighted by Gasteiger charge is -2.20. The van der Waals surface area contributed by atoms with Crippen LogP contribution in [0.25, 0.3) is 0 Å². The maximum atomic E-state index is 12.4. The van der Waals surface area contributed by atoms with E-state index < -0.39 is 0 Å². The van der Waals surface area contributed by atoms with Crippen LogP contribution >= 0.6 is 0 Å². The van der Waals surface area contributed by atoms with Gasteiger partial charge in [0, 0.05) is 32.4 Å². The second-order valence-corrected chi connectivity index (χ2v) is 6.19. The highest BCUT2D eigenvalue weighted by molar-refractivity contribution is 6.07. The van der Waals surface area contributed by atoms with Gasteiger partial charge in [-0.2, -0.15) is 5.10 Å². The zero-order chi connectivity index (χ0) is 16.6. The van der Waals surface area contributed by atoms with Gasteiger partial charge in [-0.15, -0.1) is 0 Å². The predicted octanol–water partition coefficient (Wildman–Crippen LogP) is 0.330. The van der Waals surface area contributed by atoms with Crippen molar-refractivity contribution in [3.05, 3.63) is 30.1 Å². The molecule has 3 amide bonds. The van der Waals surface area contributed by atoms with E-state index >= 15 is 0 Å². The molecule has 1 saturated heterocycles. The summed E-state index contributed by atoms with van der Waals surface area (Å²) in [6, 6.07) is 0. The molecule has 0 bridgehead atoms. The van der Waals surface area contributed by atoms with Crippen LogP contribution in [0.1, 0.15) is 18.4 Å². The number of aryl methyl sites for hydroxylation is 1. The molecule has 1 aromatic rings. The van der Waals surface area contributed by atoms with Gasteiger partial charge in [0.25, 0.3) is 0 Å². The number of nitrogens with zero attached hydrogens (tertiary/aromatic N) is 4. The van der Waals surface area contributed by atoms with E-state index in [4.69, 9.17) is 0 Å². The van der Waals surface area contributed by atoms with E-state index in [9.17, 15) is 14.4 Å². The molecule has 0 N–H and O–H groups in total. The Labute approximate surface area is 134 Å². The molecule has 2 heterocycles. The Kier molecular flexibility index (Phi) is 4.02. The van der Waals surface area contributed by atoms with E-state index in [1.165, 1.54) is 4.90 Å². The van der Waals surface area contributed by atoms with Gasteiger partial charge in [0.2, 0.25) is 17.7 Å². The molecule has 0 unspecified atom stereocenters. The van der Waals surface area contributed by atoms with Crippen LogP contribution in [0.4, 0.5) is 0 Å². The van der Waals surface area contributed by atoms with Crippen molar-refractivity contribution in [2.24, 2.45) is 18.9 Å². The molecule has 1 aromatic heterocycles. The molecule has 0 radical (unpaired) electrons. The summed E-state index contributed by atoms with van der Waals surface area (Å²) in [5.74, 6) is -1.25. The zero-order valence-corrected chi connectivity index (χ0v) is 13.3. The van der Waals surface area contributed by atoms with E-state index in [-0.39, 0.29) is 36.1 Å². The van der Waals surface area contributed by atoms with Gasteiger partial charge in [-0.05, 0) is 12.8 Å². The molecule has 0 saturated carbocycles. The highest BCUT2D eigenvalue weighted by atomic mass is 16.2. The Morgan fingerprint density at radius 3 is 2.39 bits per heavy atom. The number of amides is 3. The normalized spacial score (nSPS) is 23.3. The van der Waals surface area contributed by atoms with E-state index in [1.807, 2.05) is 25.4 Å². The monoisotopic (exact) mass is 316 g/mol. The maximum Gasteiger partial charge on any atom is 0.242 e. The van der Waals surface area contributed by atoms with Crippen LogP contribution in [-0.4, -0.2) is 50.9 Å². The first-order valence-corrected chi connectivity index (χ1v) is 7.69. The Morgan fingerprint density at radius 2 is 1.87 bits per heavy atom. The summed E-state index contributed by atoms with van der Waals surface area (Å²) in [4.78, 5) is 39.7. The van der Waals surface area contributed by atoms with E-state index in [1.54, 1.807) is 17.9 Å². The summed E-state index contributed by atoms with van der Waals surface area (Å²) < 4.78 is 1.67. The summed E-state index contributed by atoms with van der Waals surface area (Å²) in [6.07, 6.45) is 8.57. The summed E-state index contributed by atoms with van der Waals surface area (Å²) in [6.45, 7) is 0.221. The van der Waals surface area contributed by atoms with Crippen LogP contribution in [-0.2, 0) is 28.0 Å². The van der Waals surface area contributed by atoms with Gasteiger partial charge in [0.05, 0.1) is 18.0 Å². The first-order valence-electron chi connectivity index (χ1n) is 7.69. The van der Waals surface area contributed by atoms with Crippen molar-refractivity contribution in [3.8, 4) is 0 Å². The third-order valence-corrected chi connectivity index (χ3v) is 4.50. The van der Waals surface area contributed by atoms with Crippen LogP contribution in [0.5, 0.6) is 0 Å². The van der Waals surface area contributed by atoms with E-state index in [0.29, 0.717) is 19.4 Å². The fourth-order valence-corrected chi connectivity index (χ4v) is 3.20. The molecule has 7 heteroatoms. The number of carbonyl (C=O) groups excluding carboxylic acids is 3. The minimum atomic E-state index is -0.288. The standard InChI is InChI=1S/C16H20N4O3/c1-18(8-11-7-17-19(2)9-11)14(21)10-20-15(22)12-5-3-4-6-13(12)16(20)23/h3-4,7,9,12-13H,5-6,8,10H2,1-2H3/t12-,13-/m1/s1. The molecule has 2 aliphatic rings. The fraction of sp³-hybridized carbons (Fsp3) is 0.500. The Morgan fingerprint density at radius 1 is 1.26 bits per heavy atom. The molecular weight excluding hydrogens is 296 g/mol. The average molecular weight is 316 g/mol. The molecule has 1 aliphatic carbocycles. The lowest BCUT2D eigenvalue weighted by atomic mass is 9.85. The van der Waals surface area contributed by atoms with Crippen LogP contribution < -0.4 is 0 Å². The average Bonchev–Trinajstić information content (AvgIpc) is 3.04. The molecule has 3 rings (SSSR count). The Balaban J connectivity index is 1.63. The molecule has 1 fully saturated rings. The molecule has 7 nitrogen and oxygen atoms in total. The van der Waals surface area contributed by atoms with Crippen molar-refractivity contribution in [1.82, 2.24) is 19.6 Å². The lowest BCUT2D eigenvalue weighted by molar-refractivity contribution is -0.146. The summed E-state index contributed by atoms with van der Waals surface area (Å²) >= 11 is 0. The third-order valence-electron chi connectivity index (χ3n) is 4.50. The summed E-state index contributed by atoms with van der Waals surface area (Å²) in [7, 11) is 3.47. The van der Waals surface area contributed by atoms with Gasteiger partial charge in [-0.25, -0.2) is 0 Å². The fourth-order valence-electron chi connectivity index (χ4n) is 3.20. The quantitative estimate of drug-likeness (QED) is 0.592. The largest absolute Gasteiger partial charge is 0.340 e. The molecule has 122 valence electrons. The van der Waals surface area contributed by atoms with Crippen LogP contribution in [0.3, 0.4) is 0 Å². The van der Waals surface area contributed by atoms with Gasteiger partial charge < -0.3 is 4.90 Å². The SMILES string of the molecule is CN(Cc1cnn(C)c1)C(=O)CN1C(=O)[C@@H]2CC=CC[C@H]2C1=O. The maximum absolute atomic E-state index is 12.4. The number of aromatic nitrogens is 2. The number of rotatable bonds is 4. The van der Waals surface area contributed by atoms with Crippen molar-refractivity contribution in [2.45, 2.75) is 19.4 Å². The zero-order valence-electron chi connectivity index (χ0n) is 13.3. The first-order chi connectivity index (χ1) is 11.0. The molecule has 23 heavy (non-hydrogen) atoms. The van der Waals surface area contributed by atoms with Gasteiger partial charge >= 0.3 is 0 Å². The molecule has 1 aliphatic heterocycles. The second-order valence-electron chi connectivity index (χ2n) is 6.19. The van der Waals surface area contributed by atoms with Gasteiger partial charge in [-0.3, -0.25) is 24.0 Å². The smallest absolute Gasteiger partial charge is 0.242 e. The second kappa shape index (κ2) is 5.98. The van der Waals surface area contributed by atoms with Crippen molar-refractivity contribution in [2.75, 3.05) is 13.6 Å². The number of likely N-dealkylation sites (tertiary alicyclic amines) is 1. The minimum absolute atomic E-state index is 0.179. The number of hydrogen-bond donors (Lipinski definition) is 0. The van der Waals surface area contributed by atoms with Crippen molar-refractivity contribution in [3.63, 3.8) is 0 Å². The van der Waals surface area contributed by atoms with Crippen LogP contribution in [0, 0.1) is 11.8 Å². The van der Waals surface area contributed by atoms with Crippen LogP contribution in [0.2, 0.25) is 0 Å². The van der Waals surface area contributed by atoms with Gasteiger partial charge in [-0.1, -0.05) is 12.2 Å². The molecule has 0 aromatic carbocycles. The Bertz CT molecular complexity index is 653. The van der Waals surface area contributed by atoms with E-state index in [2.05, 4.69) is 5.10 Å². The topological polar surface area (TPSA) is 75.5 Å². The molecule has 2 atom stereocenters. The highest BCUT2D eigenvalue weighted by Crippen LogP contribution is 2.34. The minimum Gasteiger partial charge on any atom is -0.340 e. The summed E-state index contributed by atoms with van der Waals surface area (Å²) in [5.41, 5.74) is 0.903. The number of carbonyl (C=O) groups is 3. The number of allylic oxidation sites excluding steroid dienone is 2. The number of fused-ring (bicyclic) bond motifs is 1. The van der Waals surface area contributed by atoms with Gasteiger partial charge in [0.1, 0.15) is 6.54 Å². The highest BCUT2D eigenvalue weighted by Gasteiger charge is 2.47. The summed E-state index contributed by atoms with van der Waals surface area (Å²) in [5, 5.41) is 4.06. The van der Waals surface area contributed by atoms with Gasteiger partial charge in [0.15, 0.2) is 0 Å². The third kappa shape index (κ3) is 2.91. The number of likely N-dealkylation sites (N-methyl/N-ethyl adjacent to an activating group) is 1.